The Kier molecular flexibility index (Phi) is 4.27. The Morgan fingerprint density at radius 3 is 2.40 bits per heavy atom. The smallest absolute Gasteiger partial charge is 0.247 e. The molecule has 1 spiro atoms. The van der Waals surface area contributed by atoms with Crippen molar-refractivity contribution in [3.63, 3.8) is 0 Å². The van der Waals surface area contributed by atoms with Crippen LogP contribution in [0.15, 0.2) is 24.4 Å². The fourth-order valence-electron chi connectivity index (χ4n) is 3.52. The number of nitrogens with one attached hydrogen (secondary N) is 1. The molecule has 0 atom stereocenters. The number of ether oxygens (including phenoxy) is 2. The Morgan fingerprint density at radius 1 is 1.04 bits per heavy atom. The molecule has 7 heteroatoms. The summed E-state index contributed by atoms with van der Waals surface area (Å²) in [5, 5.41) is 11.6. The summed E-state index contributed by atoms with van der Waals surface area (Å²) < 4.78 is 11.5. The topological polar surface area (TPSA) is 72.4 Å². The van der Waals surface area contributed by atoms with Crippen molar-refractivity contribution >= 4 is 17.5 Å². The summed E-state index contributed by atoms with van der Waals surface area (Å²) in [5.74, 6) is 0.949. The maximum Gasteiger partial charge on any atom is 0.247 e. The first-order valence-electron chi connectivity index (χ1n) is 8.70. The van der Waals surface area contributed by atoms with Crippen molar-refractivity contribution in [3.05, 3.63) is 35.5 Å². The van der Waals surface area contributed by atoms with Gasteiger partial charge in [0.1, 0.15) is 0 Å². The summed E-state index contributed by atoms with van der Waals surface area (Å²) in [6, 6.07) is 6.33. The van der Waals surface area contributed by atoms with Gasteiger partial charge in [0, 0.05) is 31.6 Å². The summed E-state index contributed by atoms with van der Waals surface area (Å²) in [6.45, 7) is 7.14. The second-order valence-corrected chi connectivity index (χ2v) is 6.74. The first-order valence-corrected chi connectivity index (χ1v) is 8.70. The van der Waals surface area contributed by atoms with Crippen LogP contribution in [-0.2, 0) is 9.47 Å². The Morgan fingerprint density at radius 2 is 1.72 bits per heavy atom. The molecule has 0 aliphatic carbocycles. The molecule has 0 bridgehead atoms. The van der Waals surface area contributed by atoms with E-state index < -0.39 is 0 Å². The predicted molar refractivity (Wildman–Crippen MR) is 95.1 cm³/mol. The summed E-state index contributed by atoms with van der Waals surface area (Å²) in [7, 11) is 0. The van der Waals surface area contributed by atoms with Crippen LogP contribution in [0, 0.1) is 13.8 Å². The van der Waals surface area contributed by atoms with E-state index in [1.54, 1.807) is 6.20 Å². The number of nitrogens with zero attached hydrogens (tertiary/aromatic N) is 4. The van der Waals surface area contributed by atoms with E-state index in [4.69, 9.17) is 9.47 Å². The minimum Gasteiger partial charge on any atom is -0.347 e. The van der Waals surface area contributed by atoms with Crippen molar-refractivity contribution in [2.45, 2.75) is 32.5 Å². The number of aryl methyl sites for hydroxylation is 2. The van der Waals surface area contributed by atoms with E-state index in [-0.39, 0.29) is 5.79 Å². The molecule has 2 aliphatic heterocycles. The van der Waals surface area contributed by atoms with Gasteiger partial charge in [0.2, 0.25) is 5.95 Å². The van der Waals surface area contributed by atoms with Crippen LogP contribution in [0.2, 0.25) is 0 Å². The van der Waals surface area contributed by atoms with Gasteiger partial charge in [-0.05, 0) is 37.1 Å². The minimum atomic E-state index is -0.390. The summed E-state index contributed by atoms with van der Waals surface area (Å²) in [6.07, 6.45) is 3.30. The van der Waals surface area contributed by atoms with Gasteiger partial charge in [0.05, 0.1) is 19.4 Å². The molecule has 0 unspecified atom stereocenters. The third-order valence-electron chi connectivity index (χ3n) is 4.66. The highest BCUT2D eigenvalue weighted by Gasteiger charge is 2.40. The fraction of sp³-hybridized carbons (Fsp3) is 0.500. The molecule has 25 heavy (non-hydrogen) atoms. The van der Waals surface area contributed by atoms with E-state index in [1.165, 1.54) is 11.1 Å². The van der Waals surface area contributed by atoms with E-state index in [0.717, 1.165) is 31.6 Å². The lowest BCUT2D eigenvalue weighted by atomic mass is 10.0. The highest BCUT2D eigenvalue weighted by molar-refractivity contribution is 5.58. The normalized spacial score (nSPS) is 19.4. The number of hydrogen-bond acceptors (Lipinski definition) is 7. The number of rotatable bonds is 3. The molecule has 1 N–H and O–H groups in total. The monoisotopic (exact) mass is 341 g/mol. The lowest BCUT2D eigenvalue weighted by Crippen LogP contribution is -2.45. The molecule has 0 amide bonds. The van der Waals surface area contributed by atoms with Crippen molar-refractivity contribution in [1.82, 2.24) is 15.2 Å². The molecule has 3 heterocycles. The van der Waals surface area contributed by atoms with Crippen molar-refractivity contribution in [3.8, 4) is 0 Å². The molecule has 1 aromatic carbocycles. The van der Waals surface area contributed by atoms with Crippen LogP contribution < -0.4 is 10.2 Å². The van der Waals surface area contributed by atoms with Crippen LogP contribution in [0.5, 0.6) is 0 Å². The number of aromatic nitrogens is 3. The molecule has 2 aliphatic rings. The summed E-state index contributed by atoms with van der Waals surface area (Å²) in [5.41, 5.74) is 3.43. The zero-order chi connectivity index (χ0) is 17.3. The van der Waals surface area contributed by atoms with Gasteiger partial charge in [-0.15, -0.1) is 5.10 Å². The Hall–Kier alpha value is -2.25. The molecule has 2 fully saturated rings. The Labute approximate surface area is 147 Å². The lowest BCUT2D eigenvalue weighted by Gasteiger charge is -2.37. The second-order valence-electron chi connectivity index (χ2n) is 6.74. The number of piperidine rings is 1. The number of benzene rings is 1. The predicted octanol–water partition coefficient (Wildman–Crippen LogP) is 2.58. The average molecular weight is 341 g/mol. The van der Waals surface area contributed by atoms with Gasteiger partial charge >= 0.3 is 0 Å². The van der Waals surface area contributed by atoms with E-state index in [2.05, 4.69) is 57.4 Å². The SMILES string of the molecule is Cc1cc(C)cc(Nc2cnnc(N3CCC4(CC3)OCCO4)n2)c1. The molecule has 0 radical (unpaired) electrons. The molecule has 2 saturated heterocycles. The van der Waals surface area contributed by atoms with Crippen molar-refractivity contribution < 1.29 is 9.47 Å². The molecular formula is C18H23N5O2. The maximum absolute atomic E-state index is 5.77. The van der Waals surface area contributed by atoms with Gasteiger partial charge in [-0.25, -0.2) is 0 Å². The highest BCUT2D eigenvalue weighted by atomic mass is 16.7. The highest BCUT2D eigenvalue weighted by Crippen LogP contribution is 2.32. The first-order chi connectivity index (χ1) is 12.1. The molecule has 4 rings (SSSR count). The van der Waals surface area contributed by atoms with Gasteiger partial charge in [0.25, 0.3) is 0 Å². The third kappa shape index (κ3) is 3.57. The van der Waals surface area contributed by atoms with Gasteiger partial charge in [0.15, 0.2) is 11.6 Å². The van der Waals surface area contributed by atoms with E-state index in [1.807, 2.05) is 0 Å². The van der Waals surface area contributed by atoms with Crippen molar-refractivity contribution in [2.24, 2.45) is 0 Å². The van der Waals surface area contributed by atoms with Crippen LogP contribution in [-0.4, -0.2) is 47.3 Å². The second kappa shape index (κ2) is 6.57. The average Bonchev–Trinajstić information content (AvgIpc) is 3.03. The van der Waals surface area contributed by atoms with Crippen LogP contribution in [0.4, 0.5) is 17.5 Å². The largest absolute Gasteiger partial charge is 0.347 e. The zero-order valence-electron chi connectivity index (χ0n) is 14.7. The summed E-state index contributed by atoms with van der Waals surface area (Å²) in [4.78, 5) is 6.76. The first kappa shape index (κ1) is 16.2. The number of anilines is 3. The lowest BCUT2D eigenvalue weighted by molar-refractivity contribution is -0.169. The zero-order valence-corrected chi connectivity index (χ0v) is 14.7. The van der Waals surface area contributed by atoms with E-state index in [9.17, 15) is 0 Å². The van der Waals surface area contributed by atoms with Crippen LogP contribution in [0.1, 0.15) is 24.0 Å². The molecule has 2 aromatic rings. The van der Waals surface area contributed by atoms with Gasteiger partial charge in [-0.3, -0.25) is 0 Å². The van der Waals surface area contributed by atoms with E-state index >= 15 is 0 Å². The van der Waals surface area contributed by atoms with Crippen LogP contribution >= 0.6 is 0 Å². The van der Waals surface area contributed by atoms with E-state index in [0.29, 0.717) is 25.0 Å². The van der Waals surface area contributed by atoms with Crippen molar-refractivity contribution in [2.75, 3.05) is 36.5 Å². The van der Waals surface area contributed by atoms with Crippen molar-refractivity contribution in [1.29, 1.82) is 0 Å². The molecule has 132 valence electrons. The third-order valence-corrected chi connectivity index (χ3v) is 4.66. The van der Waals surface area contributed by atoms with Crippen LogP contribution in [0.25, 0.3) is 0 Å². The van der Waals surface area contributed by atoms with Gasteiger partial charge in [-0.1, -0.05) is 6.07 Å². The summed E-state index contributed by atoms with van der Waals surface area (Å²) >= 11 is 0. The Bertz CT molecular complexity index is 731. The minimum absolute atomic E-state index is 0.390. The van der Waals surface area contributed by atoms with Crippen LogP contribution in [0.3, 0.4) is 0 Å². The molecule has 7 nitrogen and oxygen atoms in total. The fourth-order valence-corrected chi connectivity index (χ4v) is 3.52. The Balaban J connectivity index is 1.46. The number of hydrogen-bond donors (Lipinski definition) is 1. The molecular weight excluding hydrogens is 318 g/mol. The molecule has 0 saturated carbocycles. The molecule has 1 aromatic heterocycles. The standard InChI is InChI=1S/C18H23N5O2/c1-13-9-14(2)11-15(10-13)20-16-12-19-22-17(21-16)23-5-3-18(4-6-23)24-7-8-25-18/h9-12H,3-8H2,1-2H3,(H,20,21,22). The quantitative estimate of drug-likeness (QED) is 0.920. The van der Waals surface area contributed by atoms with Gasteiger partial charge < -0.3 is 19.7 Å². The van der Waals surface area contributed by atoms with Gasteiger partial charge in [-0.2, -0.15) is 10.1 Å². The maximum atomic E-state index is 5.77.